The van der Waals surface area contributed by atoms with E-state index in [1.165, 1.54) is 11.1 Å². The topological polar surface area (TPSA) is 40.2 Å². The van der Waals surface area contributed by atoms with E-state index in [1.807, 2.05) is 12.3 Å². The van der Waals surface area contributed by atoms with Crippen molar-refractivity contribution in [1.82, 2.24) is 10.3 Å². The van der Waals surface area contributed by atoms with Gasteiger partial charge in [0.05, 0.1) is 11.9 Å². The van der Waals surface area contributed by atoms with Gasteiger partial charge in [0.1, 0.15) is 5.82 Å². The lowest BCUT2D eigenvalue weighted by atomic mass is 10.00. The van der Waals surface area contributed by atoms with E-state index in [1.54, 1.807) is 0 Å². The zero-order valence-corrected chi connectivity index (χ0v) is 15.1. The SMILES string of the molecule is CC(C)CNC(=S)Nc1ccc(N2CCc3ccccc3C2)nc1. The van der Waals surface area contributed by atoms with Gasteiger partial charge in [-0.15, -0.1) is 0 Å². The summed E-state index contributed by atoms with van der Waals surface area (Å²) in [5.41, 5.74) is 3.76. The summed E-state index contributed by atoms with van der Waals surface area (Å²) in [6.07, 6.45) is 2.92. The van der Waals surface area contributed by atoms with E-state index in [4.69, 9.17) is 12.2 Å². The molecule has 0 spiro atoms. The molecule has 3 rings (SSSR count). The first kappa shape index (κ1) is 16.7. The minimum Gasteiger partial charge on any atom is -0.362 e. The van der Waals surface area contributed by atoms with Crippen LogP contribution in [-0.4, -0.2) is 23.2 Å². The highest BCUT2D eigenvalue weighted by Gasteiger charge is 2.16. The van der Waals surface area contributed by atoms with Crippen molar-refractivity contribution in [2.45, 2.75) is 26.8 Å². The third-order valence-electron chi connectivity index (χ3n) is 4.13. The van der Waals surface area contributed by atoms with Gasteiger partial charge in [0.25, 0.3) is 0 Å². The number of nitrogens with one attached hydrogen (secondary N) is 2. The van der Waals surface area contributed by atoms with Crippen molar-refractivity contribution in [2.24, 2.45) is 5.92 Å². The molecule has 0 radical (unpaired) electrons. The zero-order valence-electron chi connectivity index (χ0n) is 14.2. The van der Waals surface area contributed by atoms with Crippen molar-refractivity contribution in [1.29, 1.82) is 0 Å². The van der Waals surface area contributed by atoms with E-state index >= 15 is 0 Å². The van der Waals surface area contributed by atoms with E-state index < -0.39 is 0 Å². The zero-order chi connectivity index (χ0) is 16.9. The summed E-state index contributed by atoms with van der Waals surface area (Å²) in [4.78, 5) is 6.92. The van der Waals surface area contributed by atoms with Crippen LogP contribution in [0.4, 0.5) is 11.5 Å². The number of hydrogen-bond acceptors (Lipinski definition) is 3. The van der Waals surface area contributed by atoms with Crippen molar-refractivity contribution in [3.63, 3.8) is 0 Å². The van der Waals surface area contributed by atoms with E-state index in [9.17, 15) is 0 Å². The Balaban J connectivity index is 1.60. The molecule has 1 aliphatic rings. The van der Waals surface area contributed by atoms with Crippen LogP contribution in [0.2, 0.25) is 0 Å². The van der Waals surface area contributed by atoms with Crippen LogP contribution in [0.5, 0.6) is 0 Å². The minimum absolute atomic E-state index is 0.562. The van der Waals surface area contributed by atoms with Crippen LogP contribution in [0.25, 0.3) is 0 Å². The van der Waals surface area contributed by atoms with Crippen LogP contribution in [0, 0.1) is 5.92 Å². The Morgan fingerprint density at radius 3 is 2.71 bits per heavy atom. The summed E-state index contributed by atoms with van der Waals surface area (Å²) in [5.74, 6) is 1.57. The fraction of sp³-hybridized carbons (Fsp3) is 0.368. The number of fused-ring (bicyclic) bond motifs is 1. The lowest BCUT2D eigenvalue weighted by Gasteiger charge is -2.29. The van der Waals surface area contributed by atoms with Gasteiger partial charge in [-0.2, -0.15) is 0 Å². The predicted octanol–water partition coefficient (Wildman–Crippen LogP) is 3.59. The van der Waals surface area contributed by atoms with Gasteiger partial charge in [-0.25, -0.2) is 4.98 Å². The average molecular weight is 340 g/mol. The molecule has 1 aromatic carbocycles. The lowest BCUT2D eigenvalue weighted by molar-refractivity contribution is 0.627. The fourth-order valence-electron chi connectivity index (χ4n) is 2.81. The maximum atomic E-state index is 5.30. The normalized spacial score (nSPS) is 13.5. The number of rotatable bonds is 4. The molecule has 0 saturated heterocycles. The summed E-state index contributed by atoms with van der Waals surface area (Å²) in [5, 5.41) is 7.03. The van der Waals surface area contributed by atoms with Gasteiger partial charge in [-0.05, 0) is 47.8 Å². The molecule has 0 bridgehead atoms. The molecule has 5 heteroatoms. The number of anilines is 2. The van der Waals surface area contributed by atoms with Crippen LogP contribution in [-0.2, 0) is 13.0 Å². The standard InChI is InChI=1S/C19H24N4S/c1-14(2)11-21-19(24)22-17-7-8-18(20-12-17)23-10-9-15-5-3-4-6-16(15)13-23/h3-8,12,14H,9-11,13H2,1-2H3,(H2,21,22,24). The van der Waals surface area contributed by atoms with Gasteiger partial charge in [-0.3, -0.25) is 0 Å². The largest absolute Gasteiger partial charge is 0.362 e. The van der Waals surface area contributed by atoms with E-state index in [0.29, 0.717) is 11.0 Å². The number of hydrogen-bond donors (Lipinski definition) is 2. The van der Waals surface area contributed by atoms with Crippen LogP contribution in [0.15, 0.2) is 42.6 Å². The summed E-state index contributed by atoms with van der Waals surface area (Å²) in [7, 11) is 0. The monoisotopic (exact) mass is 340 g/mol. The smallest absolute Gasteiger partial charge is 0.170 e. The molecular formula is C19H24N4S. The minimum atomic E-state index is 0.562. The van der Waals surface area contributed by atoms with Gasteiger partial charge < -0.3 is 15.5 Å². The molecule has 1 aliphatic heterocycles. The second-order valence-electron chi connectivity index (χ2n) is 6.57. The molecule has 2 aromatic rings. The Labute approximate surface area is 149 Å². The van der Waals surface area contributed by atoms with E-state index in [-0.39, 0.29) is 0 Å². The maximum Gasteiger partial charge on any atom is 0.170 e. The number of nitrogens with zero attached hydrogens (tertiary/aromatic N) is 2. The van der Waals surface area contributed by atoms with Gasteiger partial charge >= 0.3 is 0 Å². The molecule has 0 atom stereocenters. The van der Waals surface area contributed by atoms with Crippen molar-refractivity contribution < 1.29 is 0 Å². The van der Waals surface area contributed by atoms with Gasteiger partial charge in [-0.1, -0.05) is 38.1 Å². The first-order valence-electron chi connectivity index (χ1n) is 8.44. The van der Waals surface area contributed by atoms with Crippen LogP contribution >= 0.6 is 12.2 Å². The van der Waals surface area contributed by atoms with Gasteiger partial charge in [0.15, 0.2) is 5.11 Å². The van der Waals surface area contributed by atoms with Crippen LogP contribution in [0.3, 0.4) is 0 Å². The second-order valence-corrected chi connectivity index (χ2v) is 6.98. The molecule has 0 aliphatic carbocycles. The van der Waals surface area contributed by atoms with Crippen LogP contribution < -0.4 is 15.5 Å². The Kier molecular flexibility index (Phi) is 5.30. The second kappa shape index (κ2) is 7.62. The van der Waals surface area contributed by atoms with Crippen molar-refractivity contribution in [3.8, 4) is 0 Å². The fourth-order valence-corrected chi connectivity index (χ4v) is 3.01. The first-order valence-corrected chi connectivity index (χ1v) is 8.85. The van der Waals surface area contributed by atoms with E-state index in [0.717, 1.165) is 37.6 Å². The summed E-state index contributed by atoms with van der Waals surface area (Å²) >= 11 is 5.30. The third kappa shape index (κ3) is 4.23. The number of aromatic nitrogens is 1. The molecule has 4 nitrogen and oxygen atoms in total. The Bertz CT molecular complexity index is 697. The van der Waals surface area contributed by atoms with Crippen molar-refractivity contribution in [2.75, 3.05) is 23.3 Å². The van der Waals surface area contributed by atoms with Gasteiger partial charge in [0, 0.05) is 19.6 Å². The number of benzene rings is 1. The third-order valence-corrected chi connectivity index (χ3v) is 4.38. The summed E-state index contributed by atoms with van der Waals surface area (Å²) < 4.78 is 0. The molecule has 24 heavy (non-hydrogen) atoms. The Morgan fingerprint density at radius 2 is 2.00 bits per heavy atom. The first-order chi connectivity index (χ1) is 11.6. The molecule has 2 N–H and O–H groups in total. The summed E-state index contributed by atoms with van der Waals surface area (Å²) in [6.45, 7) is 7.10. The summed E-state index contributed by atoms with van der Waals surface area (Å²) in [6, 6.07) is 12.7. The highest BCUT2D eigenvalue weighted by Crippen LogP contribution is 2.23. The Morgan fingerprint density at radius 1 is 1.21 bits per heavy atom. The maximum absolute atomic E-state index is 5.30. The molecule has 0 amide bonds. The highest BCUT2D eigenvalue weighted by molar-refractivity contribution is 7.80. The lowest BCUT2D eigenvalue weighted by Crippen LogP contribution is -2.32. The van der Waals surface area contributed by atoms with Crippen molar-refractivity contribution in [3.05, 3.63) is 53.7 Å². The predicted molar refractivity (Wildman–Crippen MR) is 104 cm³/mol. The molecule has 126 valence electrons. The van der Waals surface area contributed by atoms with E-state index in [2.05, 4.69) is 64.7 Å². The van der Waals surface area contributed by atoms with Gasteiger partial charge in [0.2, 0.25) is 0 Å². The Hall–Kier alpha value is -2.14. The molecule has 0 fully saturated rings. The average Bonchev–Trinajstić information content (AvgIpc) is 2.60. The quantitative estimate of drug-likeness (QED) is 0.833. The number of thiocarbonyl (C=S) groups is 1. The molecule has 0 saturated carbocycles. The molecular weight excluding hydrogens is 316 g/mol. The molecule has 0 unspecified atom stereocenters. The van der Waals surface area contributed by atoms with Crippen molar-refractivity contribution >= 4 is 28.8 Å². The van der Waals surface area contributed by atoms with Crippen LogP contribution in [0.1, 0.15) is 25.0 Å². The molecule has 1 aromatic heterocycles. The number of pyridine rings is 1. The molecule has 2 heterocycles. The highest BCUT2D eigenvalue weighted by atomic mass is 32.1.